The number of hydrazone groups is 1. The second-order valence-electron chi connectivity index (χ2n) is 8.13. The molecular formula is C27H22ClN3O4S. The van der Waals surface area contributed by atoms with Gasteiger partial charge in [-0.15, -0.1) is 0 Å². The number of carbonyl (C=O) groups excluding carboxylic acids is 1. The molecule has 1 unspecified atom stereocenters. The molecule has 0 spiro atoms. The summed E-state index contributed by atoms with van der Waals surface area (Å²) in [6, 6.07) is 20.2. The molecule has 36 heavy (non-hydrogen) atoms. The number of ether oxygens (including phenoxy) is 2. The average Bonchev–Trinajstić information content (AvgIpc) is 3.49. The van der Waals surface area contributed by atoms with Gasteiger partial charge < -0.3 is 14.6 Å². The molecule has 0 saturated heterocycles. The lowest BCUT2D eigenvalue weighted by Gasteiger charge is -2.24. The highest BCUT2D eigenvalue weighted by Crippen LogP contribution is 2.40. The van der Waals surface area contributed by atoms with Crippen LogP contribution in [0.5, 0.6) is 17.2 Å². The topological polar surface area (TPSA) is 83.7 Å². The Bertz CT molecular complexity index is 1400. The molecule has 182 valence electrons. The summed E-state index contributed by atoms with van der Waals surface area (Å²) in [6.45, 7) is 0. The molecule has 2 aliphatic heterocycles. The number of hydrogen-bond acceptors (Lipinski definition) is 7. The number of amides is 1. The van der Waals surface area contributed by atoms with Crippen molar-refractivity contribution in [1.82, 2.24) is 5.01 Å². The molecule has 9 heteroatoms. The Hall–Kier alpha value is -3.75. The number of methoxy groups -OCH3 is 2. The van der Waals surface area contributed by atoms with Gasteiger partial charge in [0.15, 0.2) is 17.3 Å². The standard InChI is InChI=1S/C27H22ClN3O4S/c1-34-20-10-6-17(7-11-20)21-15-22(18-4-8-19(28)9-5-18)31(30-21)26-25(36-27(33)29-26)14-16-3-12-23(32)24(13-16)35-2/h3-14,22,32H,15H2,1-2H3/b25-14-. The van der Waals surface area contributed by atoms with Gasteiger partial charge in [-0.05, 0) is 83.1 Å². The third-order valence-corrected chi connectivity index (χ3v) is 6.96. The Morgan fingerprint density at radius 3 is 2.50 bits per heavy atom. The fourth-order valence-corrected chi connectivity index (χ4v) is 4.98. The highest BCUT2D eigenvalue weighted by atomic mass is 35.5. The SMILES string of the molecule is COc1ccc(C2=NN(C3=NC(=O)S/C3=C\c3ccc(O)c(OC)c3)C(c3ccc(Cl)cc3)C2)cc1. The first kappa shape index (κ1) is 24.0. The van der Waals surface area contributed by atoms with Crippen LogP contribution in [0.15, 0.2) is 81.7 Å². The third kappa shape index (κ3) is 4.82. The lowest BCUT2D eigenvalue weighted by Crippen LogP contribution is -2.26. The molecular weight excluding hydrogens is 498 g/mol. The highest BCUT2D eigenvalue weighted by molar-refractivity contribution is 8.18. The molecule has 5 rings (SSSR count). The van der Waals surface area contributed by atoms with Crippen LogP contribution in [0.1, 0.15) is 29.2 Å². The van der Waals surface area contributed by atoms with Crippen molar-refractivity contribution in [3.63, 3.8) is 0 Å². The minimum absolute atomic E-state index is 0.0415. The second kappa shape index (κ2) is 10.1. The van der Waals surface area contributed by atoms with Gasteiger partial charge in [0.05, 0.1) is 30.9 Å². The van der Waals surface area contributed by atoms with Crippen LogP contribution in [0.25, 0.3) is 6.08 Å². The molecule has 0 saturated carbocycles. The van der Waals surface area contributed by atoms with E-state index in [1.807, 2.05) is 59.6 Å². The van der Waals surface area contributed by atoms with Gasteiger partial charge in [-0.25, -0.2) is 5.01 Å². The monoisotopic (exact) mass is 519 g/mol. The summed E-state index contributed by atoms with van der Waals surface area (Å²) >= 11 is 7.18. The predicted octanol–water partition coefficient (Wildman–Crippen LogP) is 6.52. The molecule has 2 heterocycles. The van der Waals surface area contributed by atoms with E-state index >= 15 is 0 Å². The molecule has 0 radical (unpaired) electrons. The van der Waals surface area contributed by atoms with Crippen LogP contribution in [0.3, 0.4) is 0 Å². The molecule has 0 bridgehead atoms. The van der Waals surface area contributed by atoms with Crippen molar-refractivity contribution < 1.29 is 19.4 Å². The van der Waals surface area contributed by atoms with E-state index in [4.69, 9.17) is 26.2 Å². The van der Waals surface area contributed by atoms with Crippen LogP contribution >= 0.6 is 23.4 Å². The fourth-order valence-electron chi connectivity index (χ4n) is 4.11. The summed E-state index contributed by atoms with van der Waals surface area (Å²) in [4.78, 5) is 17.4. The van der Waals surface area contributed by atoms with Crippen LogP contribution < -0.4 is 9.47 Å². The minimum Gasteiger partial charge on any atom is -0.504 e. The van der Waals surface area contributed by atoms with Crippen LogP contribution in [-0.2, 0) is 0 Å². The van der Waals surface area contributed by atoms with E-state index in [1.165, 1.54) is 7.11 Å². The van der Waals surface area contributed by atoms with Crippen molar-refractivity contribution in [1.29, 1.82) is 0 Å². The van der Waals surface area contributed by atoms with Gasteiger partial charge in [0.1, 0.15) is 5.75 Å². The van der Waals surface area contributed by atoms with Crippen LogP contribution in [0, 0.1) is 0 Å². The van der Waals surface area contributed by atoms with Gasteiger partial charge in [-0.3, -0.25) is 4.79 Å². The fraction of sp³-hybridized carbons (Fsp3) is 0.148. The van der Waals surface area contributed by atoms with E-state index in [2.05, 4.69) is 4.99 Å². The molecule has 0 fully saturated rings. The Labute approximate surface area is 217 Å². The van der Waals surface area contributed by atoms with E-state index in [9.17, 15) is 9.90 Å². The van der Waals surface area contributed by atoms with E-state index in [0.29, 0.717) is 27.9 Å². The first-order valence-electron chi connectivity index (χ1n) is 11.1. The van der Waals surface area contributed by atoms with Gasteiger partial charge in [-0.1, -0.05) is 29.8 Å². The van der Waals surface area contributed by atoms with Gasteiger partial charge >= 0.3 is 5.24 Å². The highest BCUT2D eigenvalue weighted by Gasteiger charge is 2.37. The number of hydrogen-bond donors (Lipinski definition) is 1. The number of halogens is 1. The molecule has 3 aromatic rings. The molecule has 2 aliphatic rings. The largest absolute Gasteiger partial charge is 0.504 e. The maximum atomic E-state index is 12.5. The van der Waals surface area contributed by atoms with Gasteiger partial charge in [0, 0.05) is 11.4 Å². The smallest absolute Gasteiger partial charge is 0.311 e. The number of benzene rings is 3. The Morgan fingerprint density at radius 1 is 1.06 bits per heavy atom. The zero-order valence-electron chi connectivity index (χ0n) is 19.5. The number of aliphatic imine (C=N–C) groups is 1. The number of nitrogens with zero attached hydrogens (tertiary/aromatic N) is 3. The zero-order chi connectivity index (χ0) is 25.2. The number of carbonyl (C=O) groups is 1. The number of amidine groups is 1. The Morgan fingerprint density at radius 2 is 1.81 bits per heavy atom. The number of phenols is 1. The summed E-state index contributed by atoms with van der Waals surface area (Å²) in [5.74, 6) is 1.62. The molecule has 1 amide bonds. The van der Waals surface area contributed by atoms with Crippen molar-refractivity contribution in [3.05, 3.63) is 93.3 Å². The van der Waals surface area contributed by atoms with E-state index < -0.39 is 0 Å². The lowest BCUT2D eigenvalue weighted by atomic mass is 9.98. The molecule has 1 atom stereocenters. The van der Waals surface area contributed by atoms with Crippen LogP contribution in [0.2, 0.25) is 5.02 Å². The molecule has 0 aromatic heterocycles. The van der Waals surface area contributed by atoms with Crippen molar-refractivity contribution >= 4 is 46.2 Å². The number of phenolic OH excluding ortho intramolecular Hbond substituents is 1. The zero-order valence-corrected chi connectivity index (χ0v) is 21.1. The molecule has 7 nitrogen and oxygen atoms in total. The molecule has 0 aliphatic carbocycles. The summed E-state index contributed by atoms with van der Waals surface area (Å²) in [7, 11) is 3.12. The maximum absolute atomic E-state index is 12.5. The summed E-state index contributed by atoms with van der Waals surface area (Å²) in [5.41, 5.74) is 3.60. The first-order chi connectivity index (χ1) is 17.4. The maximum Gasteiger partial charge on any atom is 0.311 e. The predicted molar refractivity (Wildman–Crippen MR) is 143 cm³/mol. The summed E-state index contributed by atoms with van der Waals surface area (Å²) < 4.78 is 10.5. The van der Waals surface area contributed by atoms with Gasteiger partial charge in [-0.2, -0.15) is 10.1 Å². The van der Waals surface area contributed by atoms with E-state index in [-0.39, 0.29) is 17.0 Å². The lowest BCUT2D eigenvalue weighted by molar-refractivity contribution is 0.267. The van der Waals surface area contributed by atoms with Crippen molar-refractivity contribution in [2.24, 2.45) is 10.1 Å². The quantitative estimate of drug-likeness (QED) is 0.413. The van der Waals surface area contributed by atoms with Gasteiger partial charge in [0.25, 0.3) is 0 Å². The number of aromatic hydroxyl groups is 1. The average molecular weight is 520 g/mol. The van der Waals surface area contributed by atoms with Crippen molar-refractivity contribution in [2.45, 2.75) is 12.5 Å². The normalized spacial score (nSPS) is 18.4. The van der Waals surface area contributed by atoms with E-state index in [1.54, 1.807) is 25.3 Å². The number of thioether (sulfide) groups is 1. The summed E-state index contributed by atoms with van der Waals surface area (Å²) in [5, 5.41) is 17.0. The van der Waals surface area contributed by atoms with Crippen molar-refractivity contribution in [2.75, 3.05) is 14.2 Å². The first-order valence-corrected chi connectivity index (χ1v) is 12.3. The summed E-state index contributed by atoms with van der Waals surface area (Å²) in [6.07, 6.45) is 2.46. The van der Waals surface area contributed by atoms with Crippen LogP contribution in [-0.4, -0.2) is 41.1 Å². The Kier molecular flexibility index (Phi) is 6.71. The van der Waals surface area contributed by atoms with E-state index in [0.717, 1.165) is 39.9 Å². The third-order valence-electron chi connectivity index (χ3n) is 5.92. The van der Waals surface area contributed by atoms with Crippen LogP contribution in [0.4, 0.5) is 4.79 Å². The second-order valence-corrected chi connectivity index (χ2v) is 9.56. The minimum atomic E-state index is -0.315. The Balaban J connectivity index is 1.55. The van der Waals surface area contributed by atoms with Gasteiger partial charge in [0.2, 0.25) is 0 Å². The van der Waals surface area contributed by atoms with Crippen molar-refractivity contribution in [3.8, 4) is 17.2 Å². The molecule has 1 N–H and O–H groups in total. The molecule has 3 aromatic carbocycles. The number of rotatable bonds is 5.